The van der Waals surface area contributed by atoms with Crippen molar-refractivity contribution in [3.05, 3.63) is 69.7 Å². The van der Waals surface area contributed by atoms with Gasteiger partial charge in [0, 0.05) is 36.4 Å². The molecule has 0 bridgehead atoms. The molecule has 2 aromatic carbocycles. The molecule has 142 valence electrons. The summed E-state index contributed by atoms with van der Waals surface area (Å²) in [5, 5.41) is 2.99. The van der Waals surface area contributed by atoms with Gasteiger partial charge in [-0.25, -0.2) is 0 Å². The molecule has 1 unspecified atom stereocenters. The van der Waals surface area contributed by atoms with Crippen molar-refractivity contribution in [3.8, 4) is 0 Å². The number of nitrogens with zero attached hydrogens (tertiary/aromatic N) is 1. The second-order valence-electron chi connectivity index (χ2n) is 7.10. The molecule has 1 atom stereocenters. The first-order chi connectivity index (χ1) is 13.0. The Bertz CT molecular complexity index is 804. The third-order valence-corrected chi connectivity index (χ3v) is 5.80. The predicted molar refractivity (Wildman–Crippen MR) is 110 cm³/mol. The normalized spacial score (nSPS) is 16.6. The first kappa shape index (κ1) is 19.6. The number of likely N-dealkylation sites (tertiary alicyclic amines) is 1. The largest absolute Gasteiger partial charge is 0.356 e. The minimum absolute atomic E-state index is 0.00987. The lowest BCUT2D eigenvalue weighted by molar-refractivity contribution is -0.130. The van der Waals surface area contributed by atoms with E-state index in [4.69, 9.17) is 0 Å². The topological polar surface area (TPSA) is 49.4 Å². The van der Waals surface area contributed by atoms with Crippen LogP contribution >= 0.6 is 15.9 Å². The van der Waals surface area contributed by atoms with E-state index >= 15 is 0 Å². The molecule has 2 amide bonds. The minimum Gasteiger partial charge on any atom is -0.356 e. The number of hydrogen-bond donors (Lipinski definition) is 1. The maximum absolute atomic E-state index is 12.4. The van der Waals surface area contributed by atoms with Crippen LogP contribution < -0.4 is 5.32 Å². The molecular weight excluding hydrogens is 404 g/mol. The molecule has 4 nitrogen and oxygen atoms in total. The number of carbonyl (C=O) groups excluding carboxylic acids is 2. The highest BCUT2D eigenvalue weighted by Gasteiger charge is 2.32. The number of rotatable bonds is 7. The van der Waals surface area contributed by atoms with Crippen molar-refractivity contribution in [3.63, 3.8) is 0 Å². The first-order valence-electron chi connectivity index (χ1n) is 9.38. The molecule has 1 heterocycles. The summed E-state index contributed by atoms with van der Waals surface area (Å²) in [5.41, 5.74) is 3.48. The number of benzene rings is 2. The van der Waals surface area contributed by atoms with Gasteiger partial charge in [-0.1, -0.05) is 64.0 Å². The molecular formula is C22H25BrN2O2. The fraction of sp³-hybridized carbons (Fsp3) is 0.364. The number of nitrogens with one attached hydrogen (secondary N) is 1. The SMILES string of the molecule is Cc1ccc(CN2C(=O)CCC2CC(=O)NCCc2ccccc2Br)cc1. The zero-order valence-electron chi connectivity index (χ0n) is 15.6. The van der Waals surface area contributed by atoms with E-state index in [9.17, 15) is 9.59 Å². The third kappa shape index (κ3) is 5.42. The fourth-order valence-electron chi connectivity index (χ4n) is 3.44. The number of carbonyl (C=O) groups is 2. The van der Waals surface area contributed by atoms with Crippen LogP contribution in [0.25, 0.3) is 0 Å². The Morgan fingerprint density at radius 2 is 1.93 bits per heavy atom. The molecule has 27 heavy (non-hydrogen) atoms. The van der Waals surface area contributed by atoms with E-state index < -0.39 is 0 Å². The molecule has 1 saturated heterocycles. The maximum atomic E-state index is 12.4. The summed E-state index contributed by atoms with van der Waals surface area (Å²) in [7, 11) is 0. The average molecular weight is 429 g/mol. The van der Waals surface area contributed by atoms with Gasteiger partial charge in [-0.3, -0.25) is 9.59 Å². The van der Waals surface area contributed by atoms with Crippen molar-refractivity contribution in [1.29, 1.82) is 0 Å². The van der Waals surface area contributed by atoms with Crippen LogP contribution in [-0.4, -0.2) is 29.3 Å². The van der Waals surface area contributed by atoms with Crippen molar-refractivity contribution in [2.75, 3.05) is 6.54 Å². The smallest absolute Gasteiger partial charge is 0.223 e. The van der Waals surface area contributed by atoms with Crippen molar-refractivity contribution < 1.29 is 9.59 Å². The standard InChI is InChI=1S/C22H25BrN2O2/c1-16-6-8-17(9-7-16)15-25-19(10-11-22(25)27)14-21(26)24-13-12-18-4-2-3-5-20(18)23/h2-9,19H,10-15H2,1H3,(H,24,26). The van der Waals surface area contributed by atoms with Crippen molar-refractivity contribution in [2.24, 2.45) is 0 Å². The molecule has 0 aromatic heterocycles. The van der Waals surface area contributed by atoms with Gasteiger partial charge in [0.15, 0.2) is 0 Å². The van der Waals surface area contributed by atoms with Crippen LogP contribution in [0.4, 0.5) is 0 Å². The van der Waals surface area contributed by atoms with Crippen molar-refractivity contribution >= 4 is 27.7 Å². The van der Waals surface area contributed by atoms with Crippen LogP contribution in [0.5, 0.6) is 0 Å². The second kappa shape index (κ2) is 9.18. The Kier molecular flexibility index (Phi) is 6.67. The van der Waals surface area contributed by atoms with E-state index in [2.05, 4.69) is 51.6 Å². The van der Waals surface area contributed by atoms with Crippen molar-refractivity contribution in [2.45, 2.75) is 45.2 Å². The highest BCUT2D eigenvalue weighted by atomic mass is 79.9. The molecule has 1 aliphatic heterocycles. The monoisotopic (exact) mass is 428 g/mol. The van der Waals surface area contributed by atoms with Gasteiger partial charge in [-0.15, -0.1) is 0 Å². The summed E-state index contributed by atoms with van der Waals surface area (Å²) in [6, 6.07) is 16.2. The lowest BCUT2D eigenvalue weighted by Crippen LogP contribution is -2.37. The van der Waals surface area contributed by atoms with Gasteiger partial charge in [0.25, 0.3) is 0 Å². The summed E-state index contributed by atoms with van der Waals surface area (Å²) in [4.78, 5) is 26.5. The molecule has 5 heteroatoms. The predicted octanol–water partition coefficient (Wildman–Crippen LogP) is 4.00. The van der Waals surface area contributed by atoms with Gasteiger partial charge in [0.2, 0.25) is 11.8 Å². The van der Waals surface area contributed by atoms with Gasteiger partial charge in [-0.05, 0) is 37.0 Å². The van der Waals surface area contributed by atoms with Gasteiger partial charge in [0.05, 0.1) is 0 Å². The zero-order chi connectivity index (χ0) is 19.2. The molecule has 0 radical (unpaired) electrons. The Hall–Kier alpha value is -2.14. The Morgan fingerprint density at radius 1 is 1.19 bits per heavy atom. The van der Waals surface area contributed by atoms with Gasteiger partial charge < -0.3 is 10.2 Å². The summed E-state index contributed by atoms with van der Waals surface area (Å²) >= 11 is 3.53. The summed E-state index contributed by atoms with van der Waals surface area (Å²) in [6.07, 6.45) is 2.43. The number of aryl methyl sites for hydroxylation is 1. The molecule has 1 aliphatic rings. The Balaban J connectivity index is 1.50. The lowest BCUT2D eigenvalue weighted by Gasteiger charge is -2.24. The summed E-state index contributed by atoms with van der Waals surface area (Å²) < 4.78 is 1.06. The molecule has 2 aromatic rings. The van der Waals surface area contributed by atoms with E-state index in [1.54, 1.807) is 0 Å². The molecule has 0 saturated carbocycles. The fourth-order valence-corrected chi connectivity index (χ4v) is 3.92. The van der Waals surface area contributed by atoms with E-state index in [1.807, 2.05) is 30.0 Å². The number of halogens is 1. The van der Waals surface area contributed by atoms with Gasteiger partial charge in [-0.2, -0.15) is 0 Å². The first-order valence-corrected chi connectivity index (χ1v) is 10.2. The minimum atomic E-state index is -0.0118. The summed E-state index contributed by atoms with van der Waals surface area (Å²) in [6.45, 7) is 3.22. The van der Waals surface area contributed by atoms with Crippen LogP contribution in [0, 0.1) is 6.92 Å². The van der Waals surface area contributed by atoms with Crippen LogP contribution in [0.2, 0.25) is 0 Å². The van der Waals surface area contributed by atoms with Gasteiger partial charge in [0.1, 0.15) is 0 Å². The summed E-state index contributed by atoms with van der Waals surface area (Å²) in [5.74, 6) is 0.150. The Morgan fingerprint density at radius 3 is 2.67 bits per heavy atom. The van der Waals surface area contributed by atoms with E-state index in [-0.39, 0.29) is 17.9 Å². The highest BCUT2D eigenvalue weighted by molar-refractivity contribution is 9.10. The number of hydrogen-bond acceptors (Lipinski definition) is 2. The van der Waals surface area contributed by atoms with Crippen LogP contribution in [0.15, 0.2) is 53.0 Å². The van der Waals surface area contributed by atoms with Crippen LogP contribution in [-0.2, 0) is 22.6 Å². The second-order valence-corrected chi connectivity index (χ2v) is 7.95. The Labute approximate surface area is 169 Å². The molecule has 1 N–H and O–H groups in total. The lowest BCUT2D eigenvalue weighted by atomic mass is 10.1. The highest BCUT2D eigenvalue weighted by Crippen LogP contribution is 2.24. The maximum Gasteiger partial charge on any atom is 0.223 e. The third-order valence-electron chi connectivity index (χ3n) is 5.02. The quantitative estimate of drug-likeness (QED) is 0.724. The van der Waals surface area contributed by atoms with E-state index in [1.165, 1.54) is 11.1 Å². The average Bonchev–Trinajstić information content (AvgIpc) is 2.98. The number of amides is 2. The zero-order valence-corrected chi connectivity index (χ0v) is 17.2. The van der Waals surface area contributed by atoms with Gasteiger partial charge >= 0.3 is 0 Å². The molecule has 0 spiro atoms. The molecule has 1 fully saturated rings. The van der Waals surface area contributed by atoms with E-state index in [0.29, 0.717) is 25.9 Å². The van der Waals surface area contributed by atoms with Crippen LogP contribution in [0.1, 0.15) is 36.0 Å². The molecule has 0 aliphatic carbocycles. The molecule has 3 rings (SSSR count). The van der Waals surface area contributed by atoms with Crippen LogP contribution in [0.3, 0.4) is 0 Å². The van der Waals surface area contributed by atoms with Crippen molar-refractivity contribution in [1.82, 2.24) is 10.2 Å². The van der Waals surface area contributed by atoms with E-state index in [0.717, 1.165) is 22.9 Å².